The van der Waals surface area contributed by atoms with Gasteiger partial charge in [0.25, 0.3) is 0 Å². The van der Waals surface area contributed by atoms with Crippen LogP contribution in [0, 0.1) is 0 Å². The molecule has 0 spiro atoms. The lowest BCUT2D eigenvalue weighted by molar-refractivity contribution is 0.111. The summed E-state index contributed by atoms with van der Waals surface area (Å²) < 4.78 is 13.3. The van der Waals surface area contributed by atoms with Gasteiger partial charge in [0.05, 0.1) is 12.2 Å². The molecule has 0 fully saturated rings. The third-order valence-corrected chi connectivity index (χ3v) is 4.26. The van der Waals surface area contributed by atoms with E-state index < -0.39 is 0 Å². The van der Waals surface area contributed by atoms with Crippen molar-refractivity contribution < 1.29 is 14.3 Å². The number of ether oxygens (including phenoxy) is 2. The van der Waals surface area contributed by atoms with Gasteiger partial charge in [0, 0.05) is 20.9 Å². The molecule has 0 N–H and O–H groups in total. The Kier molecular flexibility index (Phi) is 4.31. The van der Waals surface area contributed by atoms with Gasteiger partial charge in [-0.05, 0) is 35.9 Å². The Morgan fingerprint density at radius 3 is 2.86 bits per heavy atom. The first-order chi connectivity index (χ1) is 10.2. The maximum absolute atomic E-state index is 11.1. The molecule has 5 heteroatoms. The van der Waals surface area contributed by atoms with Crippen LogP contribution in [-0.4, -0.2) is 12.9 Å². The van der Waals surface area contributed by atoms with E-state index in [4.69, 9.17) is 9.47 Å². The number of carbonyl (C=O) groups excluding carboxylic acids is 1. The van der Waals surface area contributed by atoms with Gasteiger partial charge in [0.2, 0.25) is 0 Å². The monoisotopic (exact) mass is 410 g/mol. The van der Waals surface area contributed by atoms with Gasteiger partial charge < -0.3 is 9.47 Å². The third-order valence-electron chi connectivity index (χ3n) is 3.31. The van der Waals surface area contributed by atoms with Crippen LogP contribution in [0.3, 0.4) is 0 Å². The molecule has 0 saturated carbocycles. The molecule has 0 atom stereocenters. The van der Waals surface area contributed by atoms with Crippen LogP contribution in [0.1, 0.15) is 21.5 Å². The average molecular weight is 412 g/mol. The first-order valence-electron chi connectivity index (χ1n) is 6.49. The molecule has 108 valence electrons. The van der Waals surface area contributed by atoms with E-state index in [1.807, 2.05) is 12.1 Å². The molecule has 0 saturated heterocycles. The molecule has 0 aromatic heterocycles. The Balaban J connectivity index is 1.84. The number of aldehydes is 1. The van der Waals surface area contributed by atoms with Crippen molar-refractivity contribution in [2.45, 2.75) is 13.0 Å². The van der Waals surface area contributed by atoms with Crippen LogP contribution in [0.4, 0.5) is 0 Å². The predicted octanol–water partition coefficient (Wildman–Crippen LogP) is 4.54. The molecular formula is C16H12Br2O3. The lowest BCUT2D eigenvalue weighted by Crippen LogP contribution is -2.00. The van der Waals surface area contributed by atoms with E-state index in [2.05, 4.69) is 37.9 Å². The zero-order chi connectivity index (χ0) is 14.8. The van der Waals surface area contributed by atoms with Crippen LogP contribution in [-0.2, 0) is 13.0 Å². The first-order valence-corrected chi connectivity index (χ1v) is 8.07. The van der Waals surface area contributed by atoms with Crippen molar-refractivity contribution in [2.24, 2.45) is 0 Å². The summed E-state index contributed by atoms with van der Waals surface area (Å²) in [6.45, 7) is 1.07. The van der Waals surface area contributed by atoms with Crippen molar-refractivity contribution in [3.05, 3.63) is 56.0 Å². The van der Waals surface area contributed by atoms with Crippen molar-refractivity contribution >= 4 is 38.1 Å². The molecule has 1 aliphatic rings. The third kappa shape index (κ3) is 3.14. The summed E-state index contributed by atoms with van der Waals surface area (Å²) in [7, 11) is 0. The highest BCUT2D eigenvalue weighted by molar-refractivity contribution is 9.10. The molecule has 0 amide bonds. The minimum Gasteiger partial charge on any atom is -0.493 e. The fourth-order valence-electron chi connectivity index (χ4n) is 2.35. The van der Waals surface area contributed by atoms with Gasteiger partial charge in [-0.2, -0.15) is 0 Å². The Morgan fingerprint density at radius 1 is 1.19 bits per heavy atom. The number of hydrogen-bond acceptors (Lipinski definition) is 3. The Morgan fingerprint density at radius 2 is 2.05 bits per heavy atom. The normalized spacial score (nSPS) is 12.7. The van der Waals surface area contributed by atoms with Crippen molar-refractivity contribution in [2.75, 3.05) is 6.61 Å². The Hall–Kier alpha value is -1.33. The standard InChI is InChI=1S/C16H12Br2O3/c17-13-1-2-15(11(6-13)8-19)21-9-12-7-14(18)5-10-3-4-20-16(10)12/h1-2,5-8H,3-4,9H2. The second-order valence-corrected chi connectivity index (χ2v) is 6.57. The smallest absolute Gasteiger partial charge is 0.153 e. The lowest BCUT2D eigenvalue weighted by atomic mass is 10.1. The molecule has 0 radical (unpaired) electrons. The number of benzene rings is 2. The number of carbonyl (C=O) groups is 1. The van der Waals surface area contributed by atoms with E-state index in [-0.39, 0.29) is 0 Å². The SMILES string of the molecule is O=Cc1cc(Br)ccc1OCc1cc(Br)cc2c1OCC2. The highest BCUT2D eigenvalue weighted by Crippen LogP contribution is 2.34. The summed E-state index contributed by atoms with van der Waals surface area (Å²) in [4.78, 5) is 11.1. The molecule has 0 bridgehead atoms. The van der Waals surface area contributed by atoms with Crippen LogP contribution in [0.15, 0.2) is 39.3 Å². The second-order valence-electron chi connectivity index (χ2n) is 4.74. The van der Waals surface area contributed by atoms with E-state index in [1.54, 1.807) is 12.1 Å². The van der Waals surface area contributed by atoms with Gasteiger partial charge in [-0.3, -0.25) is 4.79 Å². The molecule has 1 aliphatic heterocycles. The predicted molar refractivity (Wildman–Crippen MR) is 87.2 cm³/mol. The summed E-state index contributed by atoms with van der Waals surface area (Å²) in [5.74, 6) is 1.47. The minimum absolute atomic E-state index is 0.365. The fraction of sp³-hybridized carbons (Fsp3) is 0.188. The molecule has 21 heavy (non-hydrogen) atoms. The van der Waals surface area contributed by atoms with Crippen molar-refractivity contribution in [1.29, 1.82) is 0 Å². The quantitative estimate of drug-likeness (QED) is 0.693. The summed E-state index contributed by atoms with van der Waals surface area (Å²) in [5, 5.41) is 0. The maximum Gasteiger partial charge on any atom is 0.153 e. The number of fused-ring (bicyclic) bond motifs is 1. The van der Waals surface area contributed by atoms with E-state index in [9.17, 15) is 4.79 Å². The first kappa shape index (κ1) is 14.6. The second kappa shape index (κ2) is 6.20. The van der Waals surface area contributed by atoms with Crippen LogP contribution >= 0.6 is 31.9 Å². The zero-order valence-corrected chi connectivity index (χ0v) is 14.2. The highest BCUT2D eigenvalue weighted by Gasteiger charge is 2.18. The molecule has 3 nitrogen and oxygen atoms in total. The van der Waals surface area contributed by atoms with Crippen LogP contribution in [0.5, 0.6) is 11.5 Å². The zero-order valence-electron chi connectivity index (χ0n) is 11.1. The fourth-order valence-corrected chi connectivity index (χ4v) is 3.28. The van der Waals surface area contributed by atoms with Gasteiger partial charge in [-0.1, -0.05) is 31.9 Å². The van der Waals surface area contributed by atoms with E-state index in [0.29, 0.717) is 24.5 Å². The molecule has 2 aromatic rings. The molecule has 2 aromatic carbocycles. The summed E-state index contributed by atoms with van der Waals surface area (Å²) in [6, 6.07) is 9.44. The van der Waals surface area contributed by atoms with Crippen LogP contribution in [0.25, 0.3) is 0 Å². The van der Waals surface area contributed by atoms with Gasteiger partial charge >= 0.3 is 0 Å². The van der Waals surface area contributed by atoms with Crippen LogP contribution < -0.4 is 9.47 Å². The molecular weight excluding hydrogens is 400 g/mol. The highest BCUT2D eigenvalue weighted by atomic mass is 79.9. The van der Waals surface area contributed by atoms with Gasteiger partial charge in [0.15, 0.2) is 6.29 Å². The summed E-state index contributed by atoms with van der Waals surface area (Å²) >= 11 is 6.85. The summed E-state index contributed by atoms with van der Waals surface area (Å²) in [6.07, 6.45) is 1.71. The van der Waals surface area contributed by atoms with Crippen LogP contribution in [0.2, 0.25) is 0 Å². The molecule has 0 aliphatic carbocycles. The van der Waals surface area contributed by atoms with E-state index >= 15 is 0 Å². The van der Waals surface area contributed by atoms with Gasteiger partial charge in [-0.15, -0.1) is 0 Å². The van der Waals surface area contributed by atoms with E-state index in [0.717, 1.165) is 33.0 Å². The Labute approximate surface area is 139 Å². The number of hydrogen-bond donors (Lipinski definition) is 0. The van der Waals surface area contributed by atoms with Gasteiger partial charge in [-0.25, -0.2) is 0 Å². The van der Waals surface area contributed by atoms with Crippen molar-refractivity contribution in [1.82, 2.24) is 0 Å². The summed E-state index contributed by atoms with van der Waals surface area (Å²) in [5.41, 5.74) is 2.70. The number of halogens is 2. The van der Waals surface area contributed by atoms with Crippen molar-refractivity contribution in [3.63, 3.8) is 0 Å². The van der Waals surface area contributed by atoms with Crippen molar-refractivity contribution in [3.8, 4) is 11.5 Å². The average Bonchev–Trinajstić information content (AvgIpc) is 2.93. The largest absolute Gasteiger partial charge is 0.493 e. The molecule has 3 rings (SSSR count). The lowest BCUT2D eigenvalue weighted by Gasteiger charge is -2.12. The minimum atomic E-state index is 0.365. The molecule has 0 unspecified atom stereocenters. The topological polar surface area (TPSA) is 35.5 Å². The number of rotatable bonds is 4. The molecule has 1 heterocycles. The van der Waals surface area contributed by atoms with E-state index in [1.165, 1.54) is 5.56 Å². The Bertz CT molecular complexity index is 698. The maximum atomic E-state index is 11.1. The van der Waals surface area contributed by atoms with Gasteiger partial charge in [0.1, 0.15) is 18.1 Å².